The van der Waals surface area contributed by atoms with Gasteiger partial charge in [0.05, 0.1) is 51.2 Å². The fraction of sp³-hybridized carbons (Fsp3) is 0.548. The molecule has 4 fully saturated rings. The minimum Gasteiger partial charge on any atom is -0.508 e. The van der Waals surface area contributed by atoms with Gasteiger partial charge in [-0.15, -0.1) is 6.42 Å². The number of aliphatic hydroxyl groups is 1. The molecular formula is C42H48F3N5O6. The van der Waals surface area contributed by atoms with Crippen LogP contribution in [0.3, 0.4) is 0 Å². The first-order valence-electron chi connectivity index (χ1n) is 19.4. The normalized spacial score (nSPS) is 29.9. The van der Waals surface area contributed by atoms with Crippen LogP contribution in [0.2, 0.25) is 0 Å². The number of methoxy groups -OCH3 is 1. The second kappa shape index (κ2) is 14.8. The van der Waals surface area contributed by atoms with Gasteiger partial charge in [-0.2, -0.15) is 9.97 Å². The Kier molecular flexibility index (Phi) is 10.2. The summed E-state index contributed by atoms with van der Waals surface area (Å²) in [7, 11) is 1.37. The zero-order chi connectivity index (χ0) is 39.5. The molecule has 0 amide bonds. The molecule has 4 aliphatic rings. The van der Waals surface area contributed by atoms with E-state index >= 15 is 13.2 Å². The maximum atomic E-state index is 17.4. The first-order chi connectivity index (χ1) is 26.8. The number of pyridine rings is 1. The number of halogens is 3. The van der Waals surface area contributed by atoms with Crippen LogP contribution >= 0.6 is 0 Å². The van der Waals surface area contributed by atoms with Crippen molar-refractivity contribution in [1.82, 2.24) is 19.9 Å². The average Bonchev–Trinajstić information content (AvgIpc) is 3.48. The first kappa shape index (κ1) is 38.5. The number of aromatic nitrogens is 3. The standard InChI is InChI=1S/C42H48F3N5O6/c1-6-29-31(44)10-9-25-16-28(51)17-30(33(25)29)36-35(45)37-34(39(46-36)53-5)38(49-12-13-54-21-41(4,52)20-49)48-40(47-37)55-22-42-11-7-8-32(42)50(19-26(43)18-42)27-14-23(2)56-24(3)15-27/h1,9-10,16-17,23-24,26-27,32,51-52H,7-8,11-15,18-22H2,2-5H3/t23-,24+,26-,27?,32+,41-,42?/m0/s1. The van der Waals surface area contributed by atoms with Crippen LogP contribution in [0.5, 0.6) is 17.6 Å². The smallest absolute Gasteiger partial charge is 0.319 e. The molecule has 14 heteroatoms. The van der Waals surface area contributed by atoms with Crippen LogP contribution in [0.25, 0.3) is 32.9 Å². The number of anilines is 1. The van der Waals surface area contributed by atoms with Crippen molar-refractivity contribution in [3.63, 3.8) is 0 Å². The fourth-order valence-electron chi connectivity index (χ4n) is 9.88. The van der Waals surface area contributed by atoms with Crippen LogP contribution in [0.15, 0.2) is 24.3 Å². The molecule has 1 saturated carbocycles. The van der Waals surface area contributed by atoms with E-state index in [1.54, 1.807) is 11.8 Å². The highest BCUT2D eigenvalue weighted by molar-refractivity contribution is 6.04. The van der Waals surface area contributed by atoms with Crippen LogP contribution in [-0.2, 0) is 9.47 Å². The van der Waals surface area contributed by atoms with Crippen LogP contribution < -0.4 is 14.4 Å². The molecule has 0 bridgehead atoms. The Balaban J connectivity index is 1.26. The van der Waals surface area contributed by atoms with Gasteiger partial charge < -0.3 is 34.1 Å². The van der Waals surface area contributed by atoms with Gasteiger partial charge in [-0.05, 0) is 76.5 Å². The van der Waals surface area contributed by atoms with Crippen molar-refractivity contribution < 1.29 is 42.3 Å². The molecule has 2 aromatic heterocycles. The highest BCUT2D eigenvalue weighted by Gasteiger charge is 2.53. The van der Waals surface area contributed by atoms with Gasteiger partial charge in [0.15, 0.2) is 5.82 Å². The van der Waals surface area contributed by atoms with Crippen LogP contribution in [0.4, 0.5) is 19.0 Å². The molecular weight excluding hydrogens is 727 g/mol. The third-order valence-corrected chi connectivity index (χ3v) is 12.0. The number of alkyl halides is 1. The molecule has 2 unspecified atom stereocenters. The molecule has 5 heterocycles. The highest BCUT2D eigenvalue weighted by Crippen LogP contribution is 2.51. The van der Waals surface area contributed by atoms with Gasteiger partial charge in [-0.1, -0.05) is 18.4 Å². The number of β-amino-alcohol motifs (C(OH)–C–C–N with tert-alkyl or cyclic N) is 1. The summed E-state index contributed by atoms with van der Waals surface area (Å²) in [6.45, 7) is 6.90. The summed E-state index contributed by atoms with van der Waals surface area (Å²) in [4.78, 5) is 18.1. The molecule has 7 atom stereocenters. The van der Waals surface area contributed by atoms with Gasteiger partial charge in [0.1, 0.15) is 45.8 Å². The maximum Gasteiger partial charge on any atom is 0.319 e. The number of rotatable bonds is 7. The highest BCUT2D eigenvalue weighted by atomic mass is 19.1. The summed E-state index contributed by atoms with van der Waals surface area (Å²) in [5.41, 5.74) is -2.43. The lowest BCUT2D eigenvalue weighted by Crippen LogP contribution is -2.60. The van der Waals surface area contributed by atoms with Crippen molar-refractivity contribution in [2.24, 2.45) is 5.41 Å². The number of hydrogen-bond acceptors (Lipinski definition) is 11. The Morgan fingerprint density at radius 1 is 1.11 bits per heavy atom. The van der Waals surface area contributed by atoms with Gasteiger partial charge in [-0.25, -0.2) is 18.2 Å². The van der Waals surface area contributed by atoms with Gasteiger partial charge >= 0.3 is 6.01 Å². The predicted octanol–water partition coefficient (Wildman–Crippen LogP) is 6.32. The minimum atomic E-state index is -1.29. The number of ether oxygens (including phenoxy) is 4. The van der Waals surface area contributed by atoms with Crippen LogP contribution in [0.1, 0.15) is 64.9 Å². The molecule has 2 N–H and O–H groups in total. The number of nitrogens with zero attached hydrogens (tertiary/aromatic N) is 5. The fourth-order valence-corrected chi connectivity index (χ4v) is 9.88. The first-order valence-corrected chi connectivity index (χ1v) is 19.4. The largest absolute Gasteiger partial charge is 0.508 e. The van der Waals surface area contributed by atoms with Gasteiger partial charge in [0.25, 0.3) is 0 Å². The number of terminal acetylenes is 1. The van der Waals surface area contributed by atoms with Crippen LogP contribution in [0, 0.1) is 29.4 Å². The molecule has 3 aliphatic heterocycles. The van der Waals surface area contributed by atoms with Crippen molar-refractivity contribution in [2.45, 2.75) is 95.4 Å². The van der Waals surface area contributed by atoms with Crippen LogP contribution in [-0.4, -0.2) is 113 Å². The molecule has 11 nitrogen and oxygen atoms in total. The summed E-state index contributed by atoms with van der Waals surface area (Å²) in [5, 5.41) is 22.6. The van der Waals surface area contributed by atoms with E-state index < -0.39 is 28.8 Å². The third-order valence-electron chi connectivity index (χ3n) is 12.0. The Hall–Kier alpha value is -4.42. The number of aromatic hydroxyl groups is 1. The lowest BCUT2D eigenvalue weighted by atomic mass is 9.73. The van der Waals surface area contributed by atoms with E-state index in [2.05, 4.69) is 34.6 Å². The Morgan fingerprint density at radius 2 is 1.89 bits per heavy atom. The molecule has 3 saturated heterocycles. The van der Waals surface area contributed by atoms with E-state index in [0.717, 1.165) is 32.1 Å². The van der Waals surface area contributed by atoms with Gasteiger partial charge in [0.2, 0.25) is 5.88 Å². The molecule has 0 radical (unpaired) electrons. The number of phenols is 1. The Labute approximate surface area is 324 Å². The lowest BCUT2D eigenvalue weighted by Gasteiger charge is -2.52. The zero-order valence-corrected chi connectivity index (χ0v) is 32.2. The number of likely N-dealkylation sites (tertiary alicyclic amines) is 1. The number of benzene rings is 2. The number of phenolic OH excluding ortho intramolecular Hbond substituents is 1. The van der Waals surface area contributed by atoms with Crippen molar-refractivity contribution >= 4 is 27.5 Å². The summed E-state index contributed by atoms with van der Waals surface area (Å²) in [5.74, 6) is 0.666. The Morgan fingerprint density at radius 3 is 2.64 bits per heavy atom. The second-order valence-corrected chi connectivity index (χ2v) is 16.4. The number of fused-ring (bicyclic) bond motifs is 3. The molecule has 4 aromatic rings. The maximum absolute atomic E-state index is 17.4. The average molecular weight is 776 g/mol. The van der Waals surface area contributed by atoms with Gasteiger partial charge in [-0.3, -0.25) is 4.90 Å². The summed E-state index contributed by atoms with van der Waals surface area (Å²) in [6, 6.07) is 5.41. The van der Waals surface area contributed by atoms with Crippen molar-refractivity contribution in [3.05, 3.63) is 41.5 Å². The molecule has 2 aromatic carbocycles. The third kappa shape index (κ3) is 6.97. The lowest BCUT2D eigenvalue weighted by molar-refractivity contribution is -0.110. The van der Waals surface area contributed by atoms with E-state index in [-0.39, 0.29) is 114 Å². The number of hydrogen-bond donors (Lipinski definition) is 2. The summed E-state index contributed by atoms with van der Waals surface area (Å²) < 4.78 is 72.3. The summed E-state index contributed by atoms with van der Waals surface area (Å²) in [6.07, 6.45) is 9.39. The molecule has 1 aliphatic carbocycles. The van der Waals surface area contributed by atoms with E-state index in [4.69, 9.17) is 30.4 Å². The molecule has 0 spiro atoms. The SMILES string of the molecule is C#Cc1c(F)ccc2cc(O)cc(-c3nc(OC)c4c(N5CCOC[C@@](C)(O)C5)nc(OCC56CCC[C@H]5N(C5C[C@@H](C)O[C@@H](C)C5)C[C@@H](F)C6)nc4c3F)c12. The topological polar surface area (TPSA) is 123 Å². The zero-order valence-electron chi connectivity index (χ0n) is 32.2. The van der Waals surface area contributed by atoms with E-state index in [1.165, 1.54) is 31.4 Å². The monoisotopic (exact) mass is 775 g/mol. The van der Waals surface area contributed by atoms with E-state index in [9.17, 15) is 10.2 Å². The number of piperidine rings is 1. The quantitative estimate of drug-likeness (QED) is 0.205. The molecule has 56 heavy (non-hydrogen) atoms. The van der Waals surface area contributed by atoms with Crippen molar-refractivity contribution in [3.8, 4) is 41.2 Å². The Bertz CT molecular complexity index is 2190. The predicted molar refractivity (Wildman–Crippen MR) is 205 cm³/mol. The molecule has 298 valence electrons. The van der Waals surface area contributed by atoms with Crippen molar-refractivity contribution in [2.75, 3.05) is 51.5 Å². The van der Waals surface area contributed by atoms with Crippen molar-refractivity contribution in [1.29, 1.82) is 0 Å². The minimum absolute atomic E-state index is 0.0274. The summed E-state index contributed by atoms with van der Waals surface area (Å²) >= 11 is 0. The van der Waals surface area contributed by atoms with E-state index in [1.807, 2.05) is 0 Å². The van der Waals surface area contributed by atoms with Gasteiger partial charge in [0, 0.05) is 41.5 Å². The van der Waals surface area contributed by atoms with E-state index in [0.29, 0.717) is 18.4 Å². The molecule has 8 rings (SSSR count). The second-order valence-electron chi connectivity index (χ2n) is 16.4.